The highest BCUT2D eigenvalue weighted by Gasteiger charge is 2.14. The van der Waals surface area contributed by atoms with Crippen molar-refractivity contribution in [2.45, 2.75) is 38.9 Å². The molecule has 3 rings (SSSR count). The second-order valence-corrected chi connectivity index (χ2v) is 5.84. The van der Waals surface area contributed by atoms with Gasteiger partial charge in [-0.2, -0.15) is 0 Å². The summed E-state index contributed by atoms with van der Waals surface area (Å²) in [5.41, 5.74) is 0.690. The molecule has 0 aliphatic carbocycles. The number of likely N-dealkylation sites (tertiary alicyclic amines) is 1. The van der Waals surface area contributed by atoms with Gasteiger partial charge in [0.1, 0.15) is 0 Å². The van der Waals surface area contributed by atoms with Gasteiger partial charge >= 0.3 is 0 Å². The first-order valence-corrected chi connectivity index (χ1v) is 7.83. The molecule has 22 heavy (non-hydrogen) atoms. The van der Waals surface area contributed by atoms with Crippen molar-refractivity contribution in [3.8, 4) is 5.75 Å². The van der Waals surface area contributed by atoms with E-state index >= 15 is 0 Å². The fraction of sp³-hybridized carbons (Fsp3) is 0.500. The molecular formula is C16H22N4O2. The van der Waals surface area contributed by atoms with E-state index in [9.17, 15) is 9.90 Å². The van der Waals surface area contributed by atoms with Crippen LogP contribution in [-0.2, 0) is 19.6 Å². The van der Waals surface area contributed by atoms with E-state index in [0.717, 1.165) is 44.8 Å². The van der Waals surface area contributed by atoms with Crippen molar-refractivity contribution in [3.63, 3.8) is 0 Å². The summed E-state index contributed by atoms with van der Waals surface area (Å²) in [7, 11) is 0. The Kier molecular flexibility index (Phi) is 4.58. The van der Waals surface area contributed by atoms with Gasteiger partial charge in [0.05, 0.1) is 12.5 Å². The van der Waals surface area contributed by atoms with Crippen molar-refractivity contribution in [1.29, 1.82) is 0 Å². The largest absolute Gasteiger partial charge is 0.503 e. The Morgan fingerprint density at radius 1 is 1.23 bits per heavy atom. The van der Waals surface area contributed by atoms with Crippen molar-refractivity contribution in [3.05, 3.63) is 46.9 Å². The van der Waals surface area contributed by atoms with Crippen molar-refractivity contribution >= 4 is 0 Å². The summed E-state index contributed by atoms with van der Waals surface area (Å²) in [5, 5.41) is 9.71. The molecule has 6 heteroatoms. The van der Waals surface area contributed by atoms with E-state index in [2.05, 4.69) is 9.88 Å². The summed E-state index contributed by atoms with van der Waals surface area (Å²) in [4.78, 5) is 18.1. The molecule has 0 aromatic carbocycles. The zero-order chi connectivity index (χ0) is 15.4. The number of hydrogen-bond donors (Lipinski definition) is 1. The van der Waals surface area contributed by atoms with Gasteiger partial charge in [-0.15, -0.1) is 0 Å². The summed E-state index contributed by atoms with van der Waals surface area (Å²) in [6.45, 7) is 4.60. The second-order valence-electron chi connectivity index (χ2n) is 5.84. The Hall–Kier alpha value is -2.08. The molecule has 0 bridgehead atoms. The van der Waals surface area contributed by atoms with E-state index in [-0.39, 0.29) is 11.2 Å². The highest BCUT2D eigenvalue weighted by atomic mass is 16.3. The molecule has 6 nitrogen and oxygen atoms in total. The van der Waals surface area contributed by atoms with Crippen LogP contribution >= 0.6 is 0 Å². The van der Waals surface area contributed by atoms with Crippen molar-refractivity contribution in [2.24, 2.45) is 0 Å². The molecule has 1 saturated heterocycles. The van der Waals surface area contributed by atoms with E-state index in [1.807, 2.05) is 15.3 Å². The minimum Gasteiger partial charge on any atom is -0.503 e. The molecule has 0 spiro atoms. The number of pyridine rings is 1. The Balaban J connectivity index is 1.69. The van der Waals surface area contributed by atoms with Crippen molar-refractivity contribution < 1.29 is 5.11 Å². The van der Waals surface area contributed by atoms with E-state index in [4.69, 9.17) is 0 Å². The lowest BCUT2D eigenvalue weighted by molar-refractivity contribution is 0.317. The quantitative estimate of drug-likeness (QED) is 0.877. The third-order valence-electron chi connectivity index (χ3n) is 4.16. The molecule has 3 heterocycles. The van der Waals surface area contributed by atoms with Gasteiger partial charge in [0.2, 0.25) is 5.43 Å². The standard InChI is InChI=1S/C16H22N4O2/c21-15-10-14(11-18-5-1-2-6-18)20(12-16(15)22)8-3-7-19-9-4-17-13-19/h4,9-10,12-13,22H,1-3,5-8,11H2. The maximum absolute atomic E-state index is 11.7. The van der Waals surface area contributed by atoms with E-state index in [0.29, 0.717) is 0 Å². The minimum absolute atomic E-state index is 0.173. The van der Waals surface area contributed by atoms with Crippen LogP contribution in [0.1, 0.15) is 25.0 Å². The molecule has 0 amide bonds. The summed E-state index contributed by atoms with van der Waals surface area (Å²) >= 11 is 0. The van der Waals surface area contributed by atoms with Gasteiger partial charge in [0.25, 0.3) is 0 Å². The molecule has 0 unspecified atom stereocenters. The smallest absolute Gasteiger partial charge is 0.223 e. The Morgan fingerprint density at radius 2 is 2.05 bits per heavy atom. The first-order chi connectivity index (χ1) is 10.7. The predicted octanol–water partition coefficient (Wildman–Crippen LogP) is 1.44. The van der Waals surface area contributed by atoms with Crippen LogP contribution < -0.4 is 5.43 Å². The van der Waals surface area contributed by atoms with Crippen LogP contribution in [-0.4, -0.2) is 37.2 Å². The van der Waals surface area contributed by atoms with Crippen LogP contribution in [0, 0.1) is 0 Å². The first-order valence-electron chi connectivity index (χ1n) is 7.83. The maximum atomic E-state index is 11.7. The highest BCUT2D eigenvalue weighted by Crippen LogP contribution is 2.14. The fourth-order valence-electron chi connectivity index (χ4n) is 2.96. The molecule has 0 radical (unpaired) electrons. The summed E-state index contributed by atoms with van der Waals surface area (Å²) in [6.07, 6.45) is 10.4. The Morgan fingerprint density at radius 3 is 2.77 bits per heavy atom. The maximum Gasteiger partial charge on any atom is 0.223 e. The monoisotopic (exact) mass is 302 g/mol. The van der Waals surface area contributed by atoms with Gasteiger partial charge in [-0.05, 0) is 32.4 Å². The molecule has 2 aromatic rings. The zero-order valence-electron chi connectivity index (χ0n) is 12.7. The average molecular weight is 302 g/mol. The molecule has 0 atom stereocenters. The van der Waals surface area contributed by atoms with Crippen molar-refractivity contribution in [1.82, 2.24) is 19.0 Å². The summed E-state index contributed by atoms with van der Waals surface area (Å²) < 4.78 is 4.04. The van der Waals surface area contributed by atoms with E-state index in [1.165, 1.54) is 12.8 Å². The third kappa shape index (κ3) is 3.57. The number of aromatic nitrogens is 3. The van der Waals surface area contributed by atoms with Crippen molar-refractivity contribution in [2.75, 3.05) is 13.1 Å². The zero-order valence-corrected chi connectivity index (χ0v) is 12.7. The predicted molar refractivity (Wildman–Crippen MR) is 83.7 cm³/mol. The topological polar surface area (TPSA) is 63.3 Å². The highest BCUT2D eigenvalue weighted by molar-refractivity contribution is 5.20. The number of imidazole rings is 1. The van der Waals surface area contributed by atoms with Gasteiger partial charge in [-0.1, -0.05) is 0 Å². The molecule has 0 saturated carbocycles. The van der Waals surface area contributed by atoms with Crippen LogP contribution in [0.15, 0.2) is 35.8 Å². The minimum atomic E-state index is -0.292. The third-order valence-corrected chi connectivity index (χ3v) is 4.16. The second kappa shape index (κ2) is 6.79. The van der Waals surface area contributed by atoms with Gasteiger partial charge < -0.3 is 14.2 Å². The van der Waals surface area contributed by atoms with Gasteiger partial charge in [0.15, 0.2) is 5.75 Å². The number of nitrogens with zero attached hydrogens (tertiary/aromatic N) is 4. The van der Waals surface area contributed by atoms with E-state index in [1.54, 1.807) is 24.8 Å². The van der Waals surface area contributed by atoms with Crippen LogP contribution in [0.4, 0.5) is 0 Å². The summed E-state index contributed by atoms with van der Waals surface area (Å²) in [5.74, 6) is -0.173. The molecule has 1 fully saturated rings. The first kappa shape index (κ1) is 14.8. The molecule has 1 aliphatic rings. The summed E-state index contributed by atoms with van der Waals surface area (Å²) in [6, 6.07) is 1.57. The molecule has 118 valence electrons. The normalized spacial score (nSPS) is 15.5. The number of aromatic hydroxyl groups is 1. The Bertz CT molecular complexity index is 657. The number of rotatable bonds is 6. The van der Waals surface area contributed by atoms with Crippen LogP contribution in [0.5, 0.6) is 5.75 Å². The Labute approximate surface area is 129 Å². The lowest BCUT2D eigenvalue weighted by atomic mass is 10.2. The fourth-order valence-corrected chi connectivity index (χ4v) is 2.96. The molecule has 1 N–H and O–H groups in total. The van der Waals surface area contributed by atoms with Crippen LogP contribution in [0.25, 0.3) is 0 Å². The van der Waals surface area contributed by atoms with Gasteiger partial charge in [-0.3, -0.25) is 9.69 Å². The molecular weight excluding hydrogens is 280 g/mol. The van der Waals surface area contributed by atoms with Gasteiger partial charge in [-0.25, -0.2) is 4.98 Å². The SMILES string of the molecule is O=c1cc(CN2CCCC2)n(CCCn2ccnc2)cc1O. The lowest BCUT2D eigenvalue weighted by Gasteiger charge is -2.19. The van der Waals surface area contributed by atoms with E-state index < -0.39 is 0 Å². The van der Waals surface area contributed by atoms with Crippen LogP contribution in [0.2, 0.25) is 0 Å². The average Bonchev–Trinajstić information content (AvgIpc) is 3.17. The number of aryl methyl sites for hydroxylation is 2. The van der Waals surface area contributed by atoms with Crippen LogP contribution in [0.3, 0.4) is 0 Å². The number of hydrogen-bond acceptors (Lipinski definition) is 4. The molecule has 2 aromatic heterocycles. The van der Waals surface area contributed by atoms with Gasteiger partial charge in [0, 0.05) is 43.8 Å². The molecule has 1 aliphatic heterocycles. The lowest BCUT2D eigenvalue weighted by Crippen LogP contribution is -2.23.